The number of hydrogen-bond acceptors (Lipinski definition) is 3. The summed E-state index contributed by atoms with van der Waals surface area (Å²) >= 11 is 0. The highest BCUT2D eigenvalue weighted by atomic mass is 15.1. The van der Waals surface area contributed by atoms with Gasteiger partial charge in [-0.05, 0) is 107 Å². The van der Waals surface area contributed by atoms with Crippen LogP contribution in [0.2, 0.25) is 0 Å². The van der Waals surface area contributed by atoms with Crippen molar-refractivity contribution in [2.24, 2.45) is 0 Å². The average Bonchev–Trinajstić information content (AvgIpc) is 3.52. The second-order valence-corrected chi connectivity index (χ2v) is 13.2. The van der Waals surface area contributed by atoms with Crippen LogP contribution in [0.15, 0.2) is 152 Å². The van der Waals surface area contributed by atoms with Crippen molar-refractivity contribution in [1.82, 2.24) is 19.4 Å². The third kappa shape index (κ3) is 5.55. The molecule has 9 rings (SSSR count). The number of pyridine rings is 2. The van der Waals surface area contributed by atoms with E-state index in [9.17, 15) is 0 Å². The molecule has 0 amide bonds. The second kappa shape index (κ2) is 12.6. The van der Waals surface area contributed by atoms with Crippen LogP contribution in [0.1, 0.15) is 28.9 Å². The maximum absolute atomic E-state index is 5.26. The highest BCUT2D eigenvalue weighted by Crippen LogP contribution is 2.38. The van der Waals surface area contributed by atoms with Crippen molar-refractivity contribution in [1.29, 1.82) is 0 Å². The summed E-state index contributed by atoms with van der Waals surface area (Å²) in [5.74, 6) is 0. The molecule has 4 heteroatoms. The van der Waals surface area contributed by atoms with Crippen LogP contribution in [-0.4, -0.2) is 26.5 Å². The Kier molecular flexibility index (Phi) is 7.55. The normalized spacial score (nSPS) is 13.3. The van der Waals surface area contributed by atoms with E-state index in [-0.39, 0.29) is 0 Å². The van der Waals surface area contributed by atoms with Crippen LogP contribution in [0, 0.1) is 0 Å². The summed E-state index contributed by atoms with van der Waals surface area (Å²) in [7, 11) is 2.15. The minimum Gasteiger partial charge on any atom is -0.376 e. The lowest BCUT2D eigenvalue weighted by Gasteiger charge is -2.20. The summed E-state index contributed by atoms with van der Waals surface area (Å²) < 4.78 is 2.47. The quantitative estimate of drug-likeness (QED) is 0.181. The molecule has 3 aromatic heterocycles. The topological polar surface area (TPSA) is 34.0 Å². The van der Waals surface area contributed by atoms with E-state index in [0.717, 1.165) is 58.8 Å². The highest BCUT2D eigenvalue weighted by molar-refractivity contribution is 5.84. The van der Waals surface area contributed by atoms with E-state index in [4.69, 9.17) is 9.97 Å². The van der Waals surface area contributed by atoms with Gasteiger partial charge in [-0.15, -0.1) is 0 Å². The van der Waals surface area contributed by atoms with Crippen molar-refractivity contribution in [3.05, 3.63) is 174 Å². The Bertz CT molecular complexity index is 2350. The molecule has 4 nitrogen and oxygen atoms in total. The number of aromatic nitrogens is 3. The molecule has 2 aliphatic rings. The van der Waals surface area contributed by atoms with Gasteiger partial charge >= 0.3 is 0 Å². The van der Waals surface area contributed by atoms with Crippen LogP contribution < -0.4 is 0 Å². The third-order valence-electron chi connectivity index (χ3n) is 9.82. The van der Waals surface area contributed by atoms with E-state index in [1.165, 1.54) is 44.8 Å². The molecule has 0 atom stereocenters. The number of rotatable bonds is 6. The van der Waals surface area contributed by atoms with Gasteiger partial charge in [-0.3, -0.25) is 4.98 Å². The van der Waals surface area contributed by atoms with E-state index in [1.807, 2.05) is 24.4 Å². The summed E-state index contributed by atoms with van der Waals surface area (Å²) in [6.45, 7) is 0.912. The van der Waals surface area contributed by atoms with Gasteiger partial charge in [0.1, 0.15) is 0 Å². The molecular weight excluding hydrogens is 609 g/mol. The molecule has 50 heavy (non-hydrogen) atoms. The Labute approximate surface area is 293 Å². The molecule has 0 unspecified atom stereocenters. The van der Waals surface area contributed by atoms with Crippen molar-refractivity contribution < 1.29 is 0 Å². The minimum absolute atomic E-state index is 0.849. The van der Waals surface area contributed by atoms with Crippen molar-refractivity contribution >= 4 is 12.2 Å². The number of fused-ring (bicyclic) bond motifs is 3. The summed E-state index contributed by atoms with van der Waals surface area (Å²) in [4.78, 5) is 12.2. The van der Waals surface area contributed by atoms with Crippen molar-refractivity contribution in [2.75, 3.05) is 7.05 Å². The molecule has 0 saturated heterocycles. The van der Waals surface area contributed by atoms with Gasteiger partial charge < -0.3 is 9.47 Å². The SMILES string of the molecule is CN1C=Cc2c(c3c(n2-c2cccc(-c4cc(-c5cc(-c6ccccc6)cc(-c6ccccc6)c5)cc(-c5ccccn5)n4)c2)CCC=C3)C1. The molecule has 240 valence electrons. The van der Waals surface area contributed by atoms with Crippen molar-refractivity contribution in [2.45, 2.75) is 19.4 Å². The fraction of sp³-hybridized carbons (Fsp3) is 0.0870. The molecule has 7 aromatic rings. The first-order valence-electron chi connectivity index (χ1n) is 17.3. The molecule has 0 bridgehead atoms. The van der Waals surface area contributed by atoms with E-state index in [2.05, 4.69) is 156 Å². The zero-order valence-corrected chi connectivity index (χ0v) is 28.0. The Morgan fingerprint density at radius 2 is 1.22 bits per heavy atom. The van der Waals surface area contributed by atoms with Gasteiger partial charge in [-0.2, -0.15) is 0 Å². The predicted octanol–water partition coefficient (Wildman–Crippen LogP) is 11.0. The smallest absolute Gasteiger partial charge is 0.0899 e. The maximum Gasteiger partial charge on any atom is 0.0899 e. The minimum atomic E-state index is 0.849. The Morgan fingerprint density at radius 1 is 0.560 bits per heavy atom. The largest absolute Gasteiger partial charge is 0.376 e. The van der Waals surface area contributed by atoms with Gasteiger partial charge in [0.05, 0.1) is 22.8 Å². The zero-order valence-electron chi connectivity index (χ0n) is 28.0. The lowest BCUT2D eigenvalue weighted by Crippen LogP contribution is -2.15. The predicted molar refractivity (Wildman–Crippen MR) is 206 cm³/mol. The van der Waals surface area contributed by atoms with Crippen LogP contribution in [-0.2, 0) is 13.0 Å². The first kappa shape index (κ1) is 29.8. The van der Waals surface area contributed by atoms with Gasteiger partial charge in [0.25, 0.3) is 0 Å². The van der Waals surface area contributed by atoms with Crippen LogP contribution in [0.4, 0.5) is 0 Å². The van der Waals surface area contributed by atoms with Crippen LogP contribution >= 0.6 is 0 Å². The maximum atomic E-state index is 5.26. The molecule has 0 fully saturated rings. The Morgan fingerprint density at radius 3 is 1.94 bits per heavy atom. The monoisotopic (exact) mass is 644 g/mol. The fourth-order valence-corrected chi connectivity index (χ4v) is 7.40. The number of benzene rings is 4. The Balaban J connectivity index is 1.22. The second-order valence-electron chi connectivity index (χ2n) is 13.2. The molecule has 0 spiro atoms. The van der Waals surface area contributed by atoms with E-state index < -0.39 is 0 Å². The summed E-state index contributed by atoms with van der Waals surface area (Å²) in [6.07, 6.45) is 13.0. The third-order valence-corrected chi connectivity index (χ3v) is 9.82. The summed E-state index contributed by atoms with van der Waals surface area (Å²) in [6, 6.07) is 47.5. The van der Waals surface area contributed by atoms with Crippen LogP contribution in [0.3, 0.4) is 0 Å². The number of hydrogen-bond donors (Lipinski definition) is 0. The highest BCUT2D eigenvalue weighted by Gasteiger charge is 2.25. The first-order valence-corrected chi connectivity index (χ1v) is 17.3. The number of allylic oxidation sites excluding steroid dienone is 1. The van der Waals surface area contributed by atoms with Gasteiger partial charge in [-0.25, -0.2) is 4.98 Å². The van der Waals surface area contributed by atoms with Gasteiger partial charge in [-0.1, -0.05) is 91.0 Å². The molecule has 0 radical (unpaired) electrons. The molecule has 1 aliphatic heterocycles. The molecule has 0 saturated carbocycles. The number of nitrogens with zero attached hydrogens (tertiary/aromatic N) is 4. The van der Waals surface area contributed by atoms with Crippen molar-refractivity contribution in [3.8, 4) is 61.7 Å². The lowest BCUT2D eigenvalue weighted by atomic mass is 9.92. The van der Waals surface area contributed by atoms with Crippen molar-refractivity contribution in [3.63, 3.8) is 0 Å². The summed E-state index contributed by atoms with van der Waals surface area (Å²) in [5, 5.41) is 0. The lowest BCUT2D eigenvalue weighted by molar-refractivity contribution is 0.447. The zero-order chi connectivity index (χ0) is 33.4. The average molecular weight is 645 g/mol. The standard InChI is InChI=1S/C46H36N4/c1-49-24-22-46-41(31-49)40-19-8-9-21-45(40)50(46)39-18-12-17-34(28-39)43-29-38(30-44(48-43)42-20-10-11-23-47-42)37-26-35(32-13-4-2-5-14-32)25-36(27-37)33-15-6-3-7-16-33/h2-8,10-20,22-30H,9,21,31H2,1H3. The fourth-order valence-electron chi connectivity index (χ4n) is 7.40. The van der Waals surface area contributed by atoms with E-state index >= 15 is 0 Å². The van der Waals surface area contributed by atoms with E-state index in [0.29, 0.717) is 0 Å². The van der Waals surface area contributed by atoms with Crippen LogP contribution in [0.5, 0.6) is 0 Å². The van der Waals surface area contributed by atoms with Gasteiger partial charge in [0, 0.05) is 54.1 Å². The summed E-state index contributed by atoms with van der Waals surface area (Å²) in [5.41, 5.74) is 17.3. The van der Waals surface area contributed by atoms with Crippen LogP contribution in [0.25, 0.3) is 73.9 Å². The Hall–Kier alpha value is -6.26. The molecular formula is C46H36N4. The molecule has 0 N–H and O–H groups in total. The van der Waals surface area contributed by atoms with Gasteiger partial charge in [0.2, 0.25) is 0 Å². The first-order chi connectivity index (χ1) is 24.7. The van der Waals surface area contributed by atoms with E-state index in [1.54, 1.807) is 0 Å². The molecule has 1 aliphatic carbocycles. The molecule has 4 aromatic carbocycles. The molecule has 4 heterocycles. The van der Waals surface area contributed by atoms with Gasteiger partial charge in [0.15, 0.2) is 0 Å².